The average molecular weight is 405 g/mol. The highest BCUT2D eigenvalue weighted by Crippen LogP contribution is 2.48. The second-order valence-corrected chi connectivity index (χ2v) is 7.84. The minimum atomic E-state index is -0.901. The predicted octanol–water partition coefficient (Wildman–Crippen LogP) is 3.58. The average Bonchev–Trinajstić information content (AvgIpc) is 3.37. The number of hydrogen-bond acceptors (Lipinski definition) is 4. The lowest BCUT2D eigenvalue weighted by atomic mass is 9.79. The van der Waals surface area contributed by atoms with Gasteiger partial charge in [0.2, 0.25) is 0 Å². The highest BCUT2D eigenvalue weighted by Gasteiger charge is 2.51. The van der Waals surface area contributed by atoms with Crippen LogP contribution >= 0.6 is 0 Å². The van der Waals surface area contributed by atoms with Gasteiger partial charge < -0.3 is 15.2 Å². The highest BCUT2D eigenvalue weighted by molar-refractivity contribution is 6.05. The van der Waals surface area contributed by atoms with Gasteiger partial charge >= 0.3 is 5.97 Å². The minimum absolute atomic E-state index is 0.00919. The fourth-order valence-corrected chi connectivity index (χ4v) is 4.65. The number of benzene rings is 2. The molecule has 154 valence electrons. The largest absolute Gasteiger partial charge is 0.495 e. The van der Waals surface area contributed by atoms with Crippen LogP contribution in [0.25, 0.3) is 0 Å². The molecule has 2 aromatic rings. The topological polar surface area (TPSA) is 92.7 Å². The summed E-state index contributed by atoms with van der Waals surface area (Å²) >= 11 is 0. The highest BCUT2D eigenvalue weighted by atomic mass is 16.5. The first-order valence-electron chi connectivity index (χ1n) is 9.95. The van der Waals surface area contributed by atoms with Crippen LogP contribution in [0, 0.1) is 23.7 Å². The number of anilines is 1. The molecule has 0 aliphatic heterocycles. The summed E-state index contributed by atoms with van der Waals surface area (Å²) in [6.45, 7) is 0. The van der Waals surface area contributed by atoms with Gasteiger partial charge in [-0.15, -0.1) is 0 Å². The number of aliphatic carboxylic acids is 1. The van der Waals surface area contributed by atoms with Crippen molar-refractivity contribution < 1.29 is 24.2 Å². The van der Waals surface area contributed by atoms with E-state index in [2.05, 4.69) is 5.32 Å². The van der Waals surface area contributed by atoms with Crippen molar-refractivity contribution in [2.24, 2.45) is 23.7 Å². The third-order valence-electron chi connectivity index (χ3n) is 6.04. The molecule has 0 aromatic heterocycles. The smallest absolute Gasteiger partial charge is 0.307 e. The molecule has 6 nitrogen and oxygen atoms in total. The van der Waals surface area contributed by atoms with E-state index in [1.54, 1.807) is 42.5 Å². The lowest BCUT2D eigenvalue weighted by Crippen LogP contribution is -2.33. The monoisotopic (exact) mass is 405 g/mol. The number of allylic oxidation sites excluding steroid dienone is 2. The maximum absolute atomic E-state index is 13.0. The normalized spacial score (nSPS) is 23.9. The molecule has 0 spiro atoms. The first-order valence-corrected chi connectivity index (χ1v) is 9.95. The van der Waals surface area contributed by atoms with Crippen molar-refractivity contribution in [2.45, 2.75) is 12.8 Å². The number of carboxylic acids is 1. The second-order valence-electron chi connectivity index (χ2n) is 7.84. The Kier molecular flexibility index (Phi) is 5.40. The number of nitrogens with one attached hydrogen (secondary N) is 1. The van der Waals surface area contributed by atoms with Gasteiger partial charge in [-0.05, 0) is 48.1 Å². The first-order chi connectivity index (χ1) is 14.5. The van der Waals surface area contributed by atoms with Crippen LogP contribution in [-0.2, 0) is 16.0 Å². The maximum atomic E-state index is 13.0. The lowest BCUT2D eigenvalue weighted by Gasteiger charge is -2.23. The number of ketones is 1. The maximum Gasteiger partial charge on any atom is 0.307 e. The Morgan fingerprint density at radius 1 is 1.03 bits per heavy atom. The van der Waals surface area contributed by atoms with Gasteiger partial charge in [-0.3, -0.25) is 14.4 Å². The zero-order chi connectivity index (χ0) is 21.3. The van der Waals surface area contributed by atoms with E-state index in [-0.39, 0.29) is 29.9 Å². The molecule has 2 aromatic carbocycles. The number of methoxy groups -OCH3 is 1. The van der Waals surface area contributed by atoms with Crippen LogP contribution in [0.3, 0.4) is 0 Å². The molecular formula is C24H23NO5. The van der Waals surface area contributed by atoms with Crippen LogP contribution in [0.1, 0.15) is 22.3 Å². The number of carboxylic acid groups (broad SMARTS) is 1. The molecular weight excluding hydrogens is 382 g/mol. The molecule has 6 heteroatoms. The third kappa shape index (κ3) is 3.73. The summed E-state index contributed by atoms with van der Waals surface area (Å²) < 4.78 is 5.41. The summed E-state index contributed by atoms with van der Waals surface area (Å²) in [5, 5.41) is 12.4. The molecule has 2 aliphatic rings. The minimum Gasteiger partial charge on any atom is -0.495 e. The van der Waals surface area contributed by atoms with E-state index in [0.29, 0.717) is 17.0 Å². The summed E-state index contributed by atoms with van der Waals surface area (Å²) in [4.78, 5) is 37.0. The first kappa shape index (κ1) is 19.9. The molecule has 4 atom stereocenters. The van der Waals surface area contributed by atoms with Crippen molar-refractivity contribution in [3.05, 3.63) is 71.8 Å². The van der Waals surface area contributed by atoms with Gasteiger partial charge in [-0.2, -0.15) is 0 Å². The molecule has 1 saturated carbocycles. The summed E-state index contributed by atoms with van der Waals surface area (Å²) in [5.41, 5.74) is 1.77. The Morgan fingerprint density at radius 2 is 1.73 bits per heavy atom. The zero-order valence-electron chi connectivity index (χ0n) is 16.6. The Morgan fingerprint density at radius 3 is 2.40 bits per heavy atom. The van der Waals surface area contributed by atoms with Gasteiger partial charge in [-0.1, -0.05) is 36.4 Å². The molecule has 2 N–H and O–H groups in total. The molecule has 30 heavy (non-hydrogen) atoms. The summed E-state index contributed by atoms with van der Waals surface area (Å²) in [6.07, 6.45) is 4.78. The quantitative estimate of drug-likeness (QED) is 0.687. The molecule has 2 aliphatic carbocycles. The van der Waals surface area contributed by atoms with Crippen LogP contribution in [-0.4, -0.2) is 29.9 Å². The SMILES string of the molecule is COc1cc(CC(=O)C2C3C=CC(C3)C2C(=O)O)ccc1NC(=O)c1ccccc1. The number of carbonyl (C=O) groups is 3. The van der Waals surface area contributed by atoms with Crippen LogP contribution in [0.5, 0.6) is 5.75 Å². The number of rotatable bonds is 7. The van der Waals surface area contributed by atoms with Crippen molar-refractivity contribution >= 4 is 23.3 Å². The van der Waals surface area contributed by atoms with E-state index in [0.717, 1.165) is 12.0 Å². The van der Waals surface area contributed by atoms with E-state index >= 15 is 0 Å². The van der Waals surface area contributed by atoms with Crippen molar-refractivity contribution in [3.8, 4) is 5.75 Å². The Labute approximate surface area is 174 Å². The van der Waals surface area contributed by atoms with Crippen molar-refractivity contribution in [2.75, 3.05) is 12.4 Å². The van der Waals surface area contributed by atoms with Gasteiger partial charge in [-0.25, -0.2) is 0 Å². The third-order valence-corrected chi connectivity index (χ3v) is 6.04. The van der Waals surface area contributed by atoms with Crippen LogP contribution in [0.2, 0.25) is 0 Å². The Bertz CT molecular complexity index is 1010. The van der Waals surface area contributed by atoms with Gasteiger partial charge in [0, 0.05) is 17.9 Å². The van der Waals surface area contributed by atoms with E-state index in [1.807, 2.05) is 18.2 Å². The van der Waals surface area contributed by atoms with Crippen molar-refractivity contribution in [1.29, 1.82) is 0 Å². The number of Topliss-reactive ketones (excluding diaryl/α,β-unsaturated/α-hetero) is 1. The Hall–Kier alpha value is -3.41. The van der Waals surface area contributed by atoms with E-state index < -0.39 is 17.8 Å². The molecule has 4 unspecified atom stereocenters. The van der Waals surface area contributed by atoms with Gasteiger partial charge in [0.15, 0.2) is 0 Å². The number of fused-ring (bicyclic) bond motifs is 2. The molecule has 0 radical (unpaired) electrons. The molecule has 4 rings (SSSR count). The second kappa shape index (κ2) is 8.14. The van der Waals surface area contributed by atoms with Gasteiger partial charge in [0.1, 0.15) is 11.5 Å². The molecule has 1 amide bonds. The van der Waals surface area contributed by atoms with Crippen LogP contribution < -0.4 is 10.1 Å². The number of amides is 1. The standard InChI is InChI=1S/C24H23NO5/c1-30-20-12-14(7-10-18(20)25-23(27)15-5-3-2-4-6-15)11-19(26)21-16-8-9-17(13-16)22(21)24(28)29/h2-10,12,16-17,21-22H,11,13H2,1H3,(H,25,27)(H,28,29). The van der Waals surface area contributed by atoms with Gasteiger partial charge in [0.05, 0.1) is 18.7 Å². The summed E-state index contributed by atoms with van der Waals surface area (Å²) in [7, 11) is 1.50. The fourth-order valence-electron chi connectivity index (χ4n) is 4.65. The molecule has 2 bridgehead atoms. The van der Waals surface area contributed by atoms with Crippen molar-refractivity contribution in [1.82, 2.24) is 0 Å². The predicted molar refractivity (Wildman–Crippen MR) is 111 cm³/mol. The van der Waals surface area contributed by atoms with Crippen LogP contribution in [0.4, 0.5) is 5.69 Å². The van der Waals surface area contributed by atoms with E-state index in [1.165, 1.54) is 7.11 Å². The number of ether oxygens (including phenoxy) is 1. The summed E-state index contributed by atoms with van der Waals surface area (Å²) in [5.74, 6) is -1.94. The lowest BCUT2D eigenvalue weighted by molar-refractivity contribution is -0.147. The Balaban J connectivity index is 1.49. The van der Waals surface area contributed by atoms with E-state index in [4.69, 9.17) is 4.74 Å². The molecule has 1 fully saturated rings. The fraction of sp³-hybridized carbons (Fsp3) is 0.292. The molecule has 0 saturated heterocycles. The zero-order valence-corrected chi connectivity index (χ0v) is 16.6. The van der Waals surface area contributed by atoms with Gasteiger partial charge in [0.25, 0.3) is 5.91 Å². The van der Waals surface area contributed by atoms with Crippen LogP contribution in [0.15, 0.2) is 60.7 Å². The van der Waals surface area contributed by atoms with E-state index in [9.17, 15) is 19.5 Å². The summed E-state index contributed by atoms with van der Waals surface area (Å²) in [6, 6.07) is 14.0. The number of hydrogen-bond donors (Lipinski definition) is 2. The number of carbonyl (C=O) groups excluding carboxylic acids is 2. The molecule has 0 heterocycles. The van der Waals surface area contributed by atoms with Crippen molar-refractivity contribution in [3.63, 3.8) is 0 Å².